The molecule has 3 aromatic carbocycles. The second kappa shape index (κ2) is 11.7. The van der Waals surface area contributed by atoms with Crippen LogP contribution in [0.1, 0.15) is 29.8 Å². The van der Waals surface area contributed by atoms with E-state index in [9.17, 15) is 14.0 Å². The first-order chi connectivity index (χ1) is 15.9. The van der Waals surface area contributed by atoms with Crippen LogP contribution in [0.4, 0.5) is 10.1 Å². The summed E-state index contributed by atoms with van der Waals surface area (Å²) in [5, 5.41) is 5.32. The van der Waals surface area contributed by atoms with Crippen molar-refractivity contribution in [2.24, 2.45) is 0 Å². The Hall–Kier alpha value is -3.87. The minimum Gasteiger partial charge on any atom is -0.491 e. The molecule has 3 rings (SSSR count). The van der Waals surface area contributed by atoms with Gasteiger partial charge in [0.2, 0.25) is 0 Å². The number of para-hydroxylation sites is 2. The van der Waals surface area contributed by atoms with Crippen molar-refractivity contribution in [3.05, 3.63) is 89.7 Å². The monoisotopic (exact) mass is 450 g/mol. The van der Waals surface area contributed by atoms with E-state index in [2.05, 4.69) is 10.6 Å². The third-order valence-corrected chi connectivity index (χ3v) is 4.63. The number of carbonyl (C=O) groups is 2. The molecule has 7 heteroatoms. The van der Waals surface area contributed by atoms with Gasteiger partial charge in [-0.2, -0.15) is 0 Å². The second-order valence-electron chi connectivity index (χ2n) is 7.63. The summed E-state index contributed by atoms with van der Waals surface area (Å²) in [6.07, 6.45) is 0.768. The van der Waals surface area contributed by atoms with Crippen LogP contribution in [0, 0.1) is 5.82 Å². The fraction of sp³-hybridized carbons (Fsp3) is 0.231. The molecule has 172 valence electrons. The van der Waals surface area contributed by atoms with E-state index in [1.54, 1.807) is 30.3 Å². The number of ether oxygens (including phenoxy) is 2. The van der Waals surface area contributed by atoms with Crippen molar-refractivity contribution in [2.75, 3.05) is 18.5 Å². The van der Waals surface area contributed by atoms with Gasteiger partial charge in [0.05, 0.1) is 17.4 Å². The molecule has 0 aliphatic rings. The average molecular weight is 451 g/mol. The van der Waals surface area contributed by atoms with Gasteiger partial charge >= 0.3 is 0 Å². The van der Waals surface area contributed by atoms with Gasteiger partial charge in [-0.25, -0.2) is 4.39 Å². The highest BCUT2D eigenvalue weighted by molar-refractivity contribution is 5.97. The first-order valence-electron chi connectivity index (χ1n) is 10.7. The van der Waals surface area contributed by atoms with E-state index in [4.69, 9.17) is 9.47 Å². The van der Waals surface area contributed by atoms with Gasteiger partial charge in [-0.3, -0.25) is 9.59 Å². The molecule has 0 saturated carbocycles. The molecule has 0 radical (unpaired) electrons. The highest BCUT2D eigenvalue weighted by atomic mass is 19.1. The van der Waals surface area contributed by atoms with Crippen molar-refractivity contribution in [3.8, 4) is 11.5 Å². The minimum atomic E-state index is -0.535. The Morgan fingerprint density at radius 3 is 2.36 bits per heavy atom. The number of hydrogen-bond acceptors (Lipinski definition) is 4. The lowest BCUT2D eigenvalue weighted by Crippen LogP contribution is -2.27. The lowest BCUT2D eigenvalue weighted by atomic mass is 10.1. The molecule has 33 heavy (non-hydrogen) atoms. The Balaban J connectivity index is 1.51. The molecule has 0 bridgehead atoms. The molecular formula is C26H27FN2O4. The standard InChI is InChI=1S/C26H27FN2O4/c1-18(2)33-20-13-11-19(12-14-20)15-16-28-26(31)21-7-3-6-10-24(21)32-17-25(30)29-23-9-5-4-8-22(23)27/h3-14,18H,15-17H2,1-2H3,(H,28,31)(H,29,30). The van der Waals surface area contributed by atoms with Crippen molar-refractivity contribution in [1.29, 1.82) is 0 Å². The lowest BCUT2D eigenvalue weighted by molar-refractivity contribution is -0.118. The molecule has 2 N–H and O–H groups in total. The number of halogens is 1. The number of benzene rings is 3. The van der Waals surface area contributed by atoms with E-state index in [0.29, 0.717) is 18.5 Å². The van der Waals surface area contributed by atoms with Crippen molar-refractivity contribution < 1.29 is 23.5 Å². The van der Waals surface area contributed by atoms with Crippen LogP contribution >= 0.6 is 0 Å². The number of amides is 2. The van der Waals surface area contributed by atoms with Gasteiger partial charge in [0, 0.05) is 6.54 Å². The van der Waals surface area contributed by atoms with Gasteiger partial charge < -0.3 is 20.1 Å². The molecule has 6 nitrogen and oxygen atoms in total. The fourth-order valence-electron chi connectivity index (χ4n) is 3.09. The van der Waals surface area contributed by atoms with Gasteiger partial charge in [0.25, 0.3) is 11.8 Å². The van der Waals surface area contributed by atoms with Gasteiger partial charge in [-0.1, -0.05) is 36.4 Å². The number of hydrogen-bond donors (Lipinski definition) is 2. The molecule has 0 saturated heterocycles. The first-order valence-corrected chi connectivity index (χ1v) is 10.7. The third-order valence-electron chi connectivity index (χ3n) is 4.63. The summed E-state index contributed by atoms with van der Waals surface area (Å²) in [4.78, 5) is 24.8. The molecule has 0 heterocycles. The second-order valence-corrected chi connectivity index (χ2v) is 7.63. The van der Waals surface area contributed by atoms with E-state index in [1.165, 1.54) is 18.2 Å². The van der Waals surface area contributed by atoms with E-state index in [0.717, 1.165) is 11.3 Å². The highest BCUT2D eigenvalue weighted by Gasteiger charge is 2.14. The predicted molar refractivity (Wildman–Crippen MR) is 125 cm³/mol. The summed E-state index contributed by atoms with van der Waals surface area (Å²) in [7, 11) is 0. The van der Waals surface area contributed by atoms with Gasteiger partial charge in [0.15, 0.2) is 6.61 Å². The summed E-state index contributed by atoms with van der Waals surface area (Å²) < 4.78 is 24.8. The van der Waals surface area contributed by atoms with Crippen LogP contribution in [-0.4, -0.2) is 31.1 Å². The van der Waals surface area contributed by atoms with Crippen LogP contribution in [0.25, 0.3) is 0 Å². The average Bonchev–Trinajstić information content (AvgIpc) is 2.80. The minimum absolute atomic E-state index is 0.0703. The SMILES string of the molecule is CC(C)Oc1ccc(CCNC(=O)c2ccccc2OCC(=O)Nc2ccccc2F)cc1. The molecule has 0 unspecified atom stereocenters. The third kappa shape index (κ3) is 7.35. The molecule has 0 spiro atoms. The summed E-state index contributed by atoms with van der Waals surface area (Å²) in [6.45, 7) is 4.02. The van der Waals surface area contributed by atoms with Crippen molar-refractivity contribution in [1.82, 2.24) is 5.32 Å². The normalized spacial score (nSPS) is 10.5. The molecular weight excluding hydrogens is 423 g/mol. The zero-order valence-corrected chi connectivity index (χ0v) is 18.6. The van der Waals surface area contributed by atoms with E-state index >= 15 is 0 Å². The molecule has 0 aromatic heterocycles. The Bertz CT molecular complexity index is 1080. The van der Waals surface area contributed by atoms with Crippen LogP contribution < -0.4 is 20.1 Å². The first kappa shape index (κ1) is 23.8. The Labute approximate surface area is 192 Å². The van der Waals surface area contributed by atoms with E-state index in [-0.39, 0.29) is 30.1 Å². The number of anilines is 1. The maximum Gasteiger partial charge on any atom is 0.262 e. The Morgan fingerprint density at radius 2 is 1.64 bits per heavy atom. The summed E-state index contributed by atoms with van der Waals surface area (Å²) in [6, 6.07) is 20.3. The number of carbonyl (C=O) groups excluding carboxylic acids is 2. The topological polar surface area (TPSA) is 76.7 Å². The molecule has 0 aliphatic carbocycles. The van der Waals surface area contributed by atoms with Crippen LogP contribution in [0.3, 0.4) is 0 Å². The molecule has 0 fully saturated rings. The molecule has 3 aromatic rings. The lowest BCUT2D eigenvalue weighted by Gasteiger charge is -2.12. The predicted octanol–water partition coefficient (Wildman–Crippen LogP) is 4.60. The maximum atomic E-state index is 13.7. The highest BCUT2D eigenvalue weighted by Crippen LogP contribution is 2.19. The van der Waals surface area contributed by atoms with Crippen LogP contribution in [0.5, 0.6) is 11.5 Å². The zero-order chi connectivity index (χ0) is 23.6. The van der Waals surface area contributed by atoms with Crippen molar-refractivity contribution in [3.63, 3.8) is 0 Å². The summed E-state index contributed by atoms with van der Waals surface area (Å²) >= 11 is 0. The quantitative estimate of drug-likeness (QED) is 0.473. The molecule has 0 aliphatic heterocycles. The number of rotatable bonds is 10. The number of nitrogens with one attached hydrogen (secondary N) is 2. The van der Waals surface area contributed by atoms with Crippen LogP contribution in [0.15, 0.2) is 72.8 Å². The zero-order valence-electron chi connectivity index (χ0n) is 18.6. The smallest absolute Gasteiger partial charge is 0.262 e. The van der Waals surface area contributed by atoms with E-state index < -0.39 is 11.7 Å². The van der Waals surface area contributed by atoms with Gasteiger partial charge in [-0.15, -0.1) is 0 Å². The van der Waals surface area contributed by atoms with Crippen LogP contribution in [0.2, 0.25) is 0 Å². The van der Waals surface area contributed by atoms with Gasteiger partial charge in [-0.05, 0) is 62.2 Å². The largest absolute Gasteiger partial charge is 0.491 e. The van der Waals surface area contributed by atoms with Crippen molar-refractivity contribution >= 4 is 17.5 Å². The van der Waals surface area contributed by atoms with Gasteiger partial charge in [0.1, 0.15) is 17.3 Å². The fourth-order valence-corrected chi connectivity index (χ4v) is 3.09. The van der Waals surface area contributed by atoms with E-state index in [1.807, 2.05) is 38.1 Å². The molecule has 0 atom stereocenters. The maximum absolute atomic E-state index is 13.7. The summed E-state index contributed by atoms with van der Waals surface area (Å²) in [5.74, 6) is -0.287. The Kier molecular flexibility index (Phi) is 8.41. The Morgan fingerprint density at radius 1 is 0.939 bits per heavy atom. The summed E-state index contributed by atoms with van der Waals surface area (Å²) in [5.41, 5.74) is 1.46. The van der Waals surface area contributed by atoms with Crippen LogP contribution in [-0.2, 0) is 11.2 Å². The molecule has 2 amide bonds. The van der Waals surface area contributed by atoms with Crippen molar-refractivity contribution in [2.45, 2.75) is 26.4 Å².